The van der Waals surface area contributed by atoms with E-state index in [9.17, 15) is 4.79 Å². The van der Waals surface area contributed by atoms with Crippen molar-refractivity contribution in [1.82, 2.24) is 4.98 Å². The van der Waals surface area contributed by atoms with Crippen LogP contribution in [0.5, 0.6) is 0 Å². The number of aromatic nitrogens is 1. The minimum Gasteiger partial charge on any atom is -0.301 e. The summed E-state index contributed by atoms with van der Waals surface area (Å²) in [6.07, 6.45) is 0. The third kappa shape index (κ3) is 4.19. The quantitative estimate of drug-likeness (QED) is 0.575. The van der Waals surface area contributed by atoms with Gasteiger partial charge in [-0.15, -0.1) is 34.4 Å². The van der Waals surface area contributed by atoms with Gasteiger partial charge in [0.05, 0.1) is 20.1 Å². The zero-order valence-electron chi connectivity index (χ0n) is 11.3. The smallest absolute Gasteiger partial charge is 0.236 e. The molecule has 0 saturated heterocycles. The first-order valence-electron chi connectivity index (χ1n) is 6.39. The lowest BCUT2D eigenvalue weighted by Crippen LogP contribution is -2.13. The number of nitrogens with zero attached hydrogens (tertiary/aromatic N) is 1. The molecule has 3 rings (SSSR count). The Morgan fingerprint density at radius 3 is 2.77 bits per heavy atom. The van der Waals surface area contributed by atoms with Crippen LogP contribution in [0.25, 0.3) is 10.6 Å². The van der Waals surface area contributed by atoms with Gasteiger partial charge in [-0.2, -0.15) is 0 Å². The highest BCUT2D eigenvalue weighted by atomic mass is 79.9. The number of carbonyl (C=O) groups is 1. The Morgan fingerprint density at radius 2 is 2.05 bits per heavy atom. The first kappa shape index (κ1) is 15.7. The SMILES string of the molecule is O=C(CSc1ccccc1)Nc1nc(-c2ccc(Br)s2)cs1. The number of thiazole rings is 1. The van der Waals surface area contributed by atoms with Crippen LogP contribution in [0.3, 0.4) is 0 Å². The molecule has 0 bridgehead atoms. The van der Waals surface area contributed by atoms with Crippen molar-refractivity contribution < 1.29 is 4.79 Å². The number of thioether (sulfide) groups is 1. The van der Waals surface area contributed by atoms with Crippen LogP contribution in [-0.4, -0.2) is 16.6 Å². The normalized spacial score (nSPS) is 10.6. The Kier molecular flexibility index (Phi) is 5.30. The fraction of sp³-hybridized carbons (Fsp3) is 0.0667. The van der Waals surface area contributed by atoms with E-state index in [0.29, 0.717) is 10.9 Å². The maximum atomic E-state index is 12.0. The molecule has 2 aromatic heterocycles. The Balaban J connectivity index is 1.57. The van der Waals surface area contributed by atoms with Gasteiger partial charge < -0.3 is 5.32 Å². The molecule has 0 aliphatic heterocycles. The van der Waals surface area contributed by atoms with Crippen LogP contribution in [0.1, 0.15) is 0 Å². The average Bonchev–Trinajstić information content (AvgIpc) is 3.15. The molecular weight excluding hydrogens is 400 g/mol. The number of thiophene rings is 1. The molecule has 0 saturated carbocycles. The molecule has 112 valence electrons. The number of hydrogen-bond acceptors (Lipinski definition) is 5. The van der Waals surface area contributed by atoms with E-state index in [2.05, 4.69) is 26.2 Å². The lowest BCUT2D eigenvalue weighted by atomic mass is 10.4. The summed E-state index contributed by atoms with van der Waals surface area (Å²) in [7, 11) is 0. The summed E-state index contributed by atoms with van der Waals surface area (Å²) in [5, 5.41) is 5.44. The number of hydrogen-bond donors (Lipinski definition) is 1. The molecule has 1 amide bonds. The van der Waals surface area contributed by atoms with Gasteiger partial charge in [0.2, 0.25) is 5.91 Å². The molecule has 1 aromatic carbocycles. The first-order valence-corrected chi connectivity index (χ1v) is 9.87. The van der Waals surface area contributed by atoms with Crippen molar-refractivity contribution in [2.45, 2.75) is 4.90 Å². The van der Waals surface area contributed by atoms with Crippen LogP contribution < -0.4 is 5.32 Å². The summed E-state index contributed by atoms with van der Waals surface area (Å²) >= 11 is 8.02. The van der Waals surface area contributed by atoms with Crippen molar-refractivity contribution in [3.63, 3.8) is 0 Å². The number of benzene rings is 1. The molecule has 0 fully saturated rings. The Morgan fingerprint density at radius 1 is 1.23 bits per heavy atom. The molecule has 1 N–H and O–H groups in total. The van der Waals surface area contributed by atoms with Crippen molar-refractivity contribution in [2.24, 2.45) is 0 Å². The summed E-state index contributed by atoms with van der Waals surface area (Å²) < 4.78 is 1.07. The molecule has 0 atom stereocenters. The van der Waals surface area contributed by atoms with Crippen molar-refractivity contribution in [1.29, 1.82) is 0 Å². The fourth-order valence-electron chi connectivity index (χ4n) is 1.72. The summed E-state index contributed by atoms with van der Waals surface area (Å²) in [4.78, 5) is 18.6. The number of carbonyl (C=O) groups excluding carboxylic acids is 1. The number of anilines is 1. The minimum atomic E-state index is -0.0397. The second-order valence-electron chi connectivity index (χ2n) is 4.29. The van der Waals surface area contributed by atoms with E-state index >= 15 is 0 Å². The van der Waals surface area contributed by atoms with E-state index in [1.807, 2.05) is 47.8 Å². The van der Waals surface area contributed by atoms with Gasteiger partial charge in [0.25, 0.3) is 0 Å². The van der Waals surface area contributed by atoms with E-state index in [1.54, 1.807) is 11.3 Å². The lowest BCUT2D eigenvalue weighted by molar-refractivity contribution is -0.113. The van der Waals surface area contributed by atoms with Gasteiger partial charge in [0, 0.05) is 10.3 Å². The lowest BCUT2D eigenvalue weighted by Gasteiger charge is -2.01. The largest absolute Gasteiger partial charge is 0.301 e. The summed E-state index contributed by atoms with van der Waals surface area (Å²) in [5.41, 5.74) is 0.895. The minimum absolute atomic E-state index is 0.0397. The van der Waals surface area contributed by atoms with Crippen molar-refractivity contribution in [3.05, 3.63) is 51.6 Å². The van der Waals surface area contributed by atoms with E-state index in [4.69, 9.17) is 0 Å². The van der Waals surface area contributed by atoms with Gasteiger partial charge in [0.1, 0.15) is 0 Å². The van der Waals surface area contributed by atoms with Gasteiger partial charge >= 0.3 is 0 Å². The van der Waals surface area contributed by atoms with Crippen molar-refractivity contribution in [2.75, 3.05) is 11.1 Å². The number of halogens is 1. The van der Waals surface area contributed by atoms with Crippen molar-refractivity contribution >= 4 is 61.4 Å². The van der Waals surface area contributed by atoms with Crippen LogP contribution in [-0.2, 0) is 4.79 Å². The molecule has 0 aliphatic carbocycles. The number of rotatable bonds is 5. The zero-order chi connectivity index (χ0) is 15.4. The molecule has 7 heteroatoms. The molecule has 3 aromatic rings. The molecule has 0 radical (unpaired) electrons. The predicted molar refractivity (Wildman–Crippen MR) is 98.9 cm³/mol. The molecule has 3 nitrogen and oxygen atoms in total. The van der Waals surface area contributed by atoms with E-state index in [-0.39, 0.29) is 5.91 Å². The first-order chi connectivity index (χ1) is 10.7. The van der Waals surface area contributed by atoms with Crippen LogP contribution >= 0.6 is 50.4 Å². The van der Waals surface area contributed by atoms with Crippen LogP contribution in [0.4, 0.5) is 5.13 Å². The van der Waals surface area contributed by atoms with Gasteiger partial charge in [0.15, 0.2) is 5.13 Å². The third-order valence-corrected chi connectivity index (χ3v) is 6.11. The zero-order valence-corrected chi connectivity index (χ0v) is 15.3. The van der Waals surface area contributed by atoms with Crippen molar-refractivity contribution in [3.8, 4) is 10.6 Å². The van der Waals surface area contributed by atoms with Crippen LogP contribution in [0, 0.1) is 0 Å². The van der Waals surface area contributed by atoms with Gasteiger partial charge in [-0.05, 0) is 40.2 Å². The van der Waals surface area contributed by atoms with Crippen LogP contribution in [0.15, 0.2) is 56.5 Å². The molecule has 2 heterocycles. The highest BCUT2D eigenvalue weighted by Crippen LogP contribution is 2.33. The monoisotopic (exact) mass is 410 g/mol. The van der Waals surface area contributed by atoms with E-state index in [0.717, 1.165) is 19.3 Å². The number of amides is 1. The highest BCUT2D eigenvalue weighted by molar-refractivity contribution is 9.11. The second-order valence-corrected chi connectivity index (χ2v) is 8.66. The third-order valence-electron chi connectivity index (χ3n) is 2.69. The topological polar surface area (TPSA) is 42.0 Å². The van der Waals surface area contributed by atoms with Gasteiger partial charge in [-0.1, -0.05) is 18.2 Å². The molecular formula is C15H11BrN2OS3. The molecule has 0 unspecified atom stereocenters. The fourth-order valence-corrected chi connectivity index (χ4v) is 4.58. The summed E-state index contributed by atoms with van der Waals surface area (Å²) in [6, 6.07) is 13.9. The summed E-state index contributed by atoms with van der Waals surface area (Å²) in [6.45, 7) is 0. The Labute approximate surface area is 148 Å². The summed E-state index contributed by atoms with van der Waals surface area (Å²) in [5.74, 6) is 0.339. The Bertz CT molecular complexity index is 770. The standard InChI is InChI=1S/C15H11BrN2OS3/c16-13-7-6-12(22-13)11-8-21-15(17-11)18-14(19)9-20-10-4-2-1-3-5-10/h1-8H,9H2,(H,17,18,19). The van der Waals surface area contributed by atoms with Gasteiger partial charge in [-0.3, -0.25) is 4.79 Å². The maximum Gasteiger partial charge on any atom is 0.236 e. The average molecular weight is 411 g/mol. The van der Waals surface area contributed by atoms with E-state index in [1.165, 1.54) is 23.1 Å². The second kappa shape index (κ2) is 7.41. The van der Waals surface area contributed by atoms with E-state index < -0.39 is 0 Å². The number of nitrogens with one attached hydrogen (secondary N) is 1. The highest BCUT2D eigenvalue weighted by Gasteiger charge is 2.10. The van der Waals surface area contributed by atoms with Crippen LogP contribution in [0.2, 0.25) is 0 Å². The maximum absolute atomic E-state index is 12.0. The molecule has 0 aliphatic rings. The predicted octanol–water partition coefficient (Wildman–Crippen LogP) is 5.36. The molecule has 0 spiro atoms. The molecule has 22 heavy (non-hydrogen) atoms. The van der Waals surface area contributed by atoms with Gasteiger partial charge in [-0.25, -0.2) is 4.98 Å². The Hall–Kier alpha value is -1.15.